The number of anilines is 1. The zero-order valence-corrected chi connectivity index (χ0v) is 18.7. The lowest BCUT2D eigenvalue weighted by Gasteiger charge is -2.21. The molecule has 0 aliphatic heterocycles. The number of benzene rings is 2. The number of ether oxygens (including phenoxy) is 1. The quantitative estimate of drug-likeness (QED) is 0.666. The Balaban J connectivity index is 2.17. The molecular weight excluding hydrogens is 388 g/mol. The third-order valence-corrected chi connectivity index (χ3v) is 6.16. The molecule has 1 amide bonds. The summed E-state index contributed by atoms with van der Waals surface area (Å²) in [6.45, 7) is 9.72. The summed E-state index contributed by atoms with van der Waals surface area (Å²) in [5, 5.41) is 3.02. The van der Waals surface area contributed by atoms with Gasteiger partial charge in [0.25, 0.3) is 5.91 Å². The lowest BCUT2D eigenvalue weighted by molar-refractivity contribution is 0.0940. The Morgan fingerprint density at radius 1 is 1.07 bits per heavy atom. The summed E-state index contributed by atoms with van der Waals surface area (Å²) in [5.74, 6) is 0.923. The second-order valence-corrected chi connectivity index (χ2v) is 9.39. The summed E-state index contributed by atoms with van der Waals surface area (Å²) in [6.07, 6.45) is 0. The number of carbonyl (C=O) groups excluding carboxylic acids is 1. The highest BCUT2D eigenvalue weighted by Gasteiger charge is 2.17. The van der Waals surface area contributed by atoms with E-state index < -0.39 is 10.0 Å². The number of hydrogen-bond donors (Lipinski definition) is 2. The van der Waals surface area contributed by atoms with Gasteiger partial charge in [0, 0.05) is 11.3 Å². The number of methoxy groups -OCH3 is 1. The first kappa shape index (κ1) is 22.7. The molecule has 2 aromatic carbocycles. The highest BCUT2D eigenvalue weighted by Crippen LogP contribution is 2.32. The largest absolute Gasteiger partial charge is 0.496 e. The van der Waals surface area contributed by atoms with E-state index in [1.807, 2.05) is 19.9 Å². The van der Waals surface area contributed by atoms with Crippen LogP contribution in [-0.2, 0) is 10.0 Å². The maximum atomic E-state index is 12.7. The highest BCUT2D eigenvalue weighted by atomic mass is 32.2. The van der Waals surface area contributed by atoms with Crippen LogP contribution in [0.1, 0.15) is 66.7 Å². The molecule has 158 valence electrons. The smallest absolute Gasteiger partial charge is 0.251 e. The van der Waals surface area contributed by atoms with Gasteiger partial charge < -0.3 is 10.1 Å². The van der Waals surface area contributed by atoms with Crippen molar-refractivity contribution in [3.8, 4) is 5.75 Å². The van der Waals surface area contributed by atoms with Crippen molar-refractivity contribution in [3.63, 3.8) is 0 Å². The molecule has 0 bridgehead atoms. The molecule has 0 fully saturated rings. The predicted octanol–water partition coefficient (Wildman–Crippen LogP) is 4.38. The van der Waals surface area contributed by atoms with Crippen molar-refractivity contribution in [2.75, 3.05) is 17.6 Å². The van der Waals surface area contributed by atoms with Crippen molar-refractivity contribution in [1.29, 1.82) is 0 Å². The van der Waals surface area contributed by atoms with Crippen LogP contribution in [0.25, 0.3) is 0 Å². The number of amides is 1. The van der Waals surface area contributed by atoms with Crippen LogP contribution in [0.4, 0.5) is 5.69 Å². The van der Waals surface area contributed by atoms with E-state index >= 15 is 0 Å². The normalized spacial score (nSPS) is 12.5. The zero-order chi connectivity index (χ0) is 21.8. The molecule has 0 aromatic heterocycles. The minimum atomic E-state index is -3.34. The summed E-state index contributed by atoms with van der Waals surface area (Å²) in [6, 6.07) is 10.3. The van der Waals surface area contributed by atoms with Crippen LogP contribution in [-0.4, -0.2) is 27.2 Å². The summed E-state index contributed by atoms with van der Waals surface area (Å²) < 4.78 is 31.2. The van der Waals surface area contributed by atoms with Crippen molar-refractivity contribution in [3.05, 3.63) is 58.7 Å². The number of rotatable bonds is 8. The van der Waals surface area contributed by atoms with E-state index in [4.69, 9.17) is 4.74 Å². The Morgan fingerprint density at radius 3 is 2.21 bits per heavy atom. The fraction of sp³-hybridized carbons (Fsp3) is 0.409. The Kier molecular flexibility index (Phi) is 7.30. The third kappa shape index (κ3) is 5.73. The van der Waals surface area contributed by atoms with Crippen molar-refractivity contribution in [2.45, 2.75) is 46.6 Å². The second-order valence-electron chi connectivity index (χ2n) is 7.38. The maximum absolute atomic E-state index is 12.7. The van der Waals surface area contributed by atoms with Crippen LogP contribution < -0.4 is 14.8 Å². The molecule has 0 aliphatic rings. The number of sulfonamides is 1. The topological polar surface area (TPSA) is 84.5 Å². The molecule has 7 heteroatoms. The zero-order valence-electron chi connectivity index (χ0n) is 17.9. The van der Waals surface area contributed by atoms with E-state index in [-0.39, 0.29) is 17.7 Å². The summed E-state index contributed by atoms with van der Waals surface area (Å²) in [7, 11) is -1.68. The molecule has 1 atom stereocenters. The van der Waals surface area contributed by atoms with Crippen molar-refractivity contribution in [2.24, 2.45) is 0 Å². The van der Waals surface area contributed by atoms with E-state index in [1.165, 1.54) is 0 Å². The average molecular weight is 419 g/mol. The highest BCUT2D eigenvalue weighted by molar-refractivity contribution is 7.92. The van der Waals surface area contributed by atoms with Gasteiger partial charge in [-0.2, -0.15) is 0 Å². The van der Waals surface area contributed by atoms with Crippen LogP contribution in [0, 0.1) is 6.92 Å². The number of aryl methyl sites for hydroxylation is 1. The lowest BCUT2D eigenvalue weighted by atomic mass is 9.93. The Hall–Kier alpha value is -2.54. The van der Waals surface area contributed by atoms with Crippen LogP contribution in [0.2, 0.25) is 0 Å². The van der Waals surface area contributed by atoms with Gasteiger partial charge in [0.05, 0.1) is 18.9 Å². The van der Waals surface area contributed by atoms with Crippen LogP contribution >= 0.6 is 0 Å². The Bertz CT molecular complexity index is 967. The van der Waals surface area contributed by atoms with Gasteiger partial charge in [0.2, 0.25) is 10.0 Å². The van der Waals surface area contributed by atoms with E-state index in [2.05, 4.69) is 30.0 Å². The lowest BCUT2D eigenvalue weighted by Crippen LogP contribution is -2.27. The van der Waals surface area contributed by atoms with Crippen molar-refractivity contribution >= 4 is 21.6 Å². The van der Waals surface area contributed by atoms with E-state index in [0.29, 0.717) is 17.2 Å². The van der Waals surface area contributed by atoms with Crippen molar-refractivity contribution in [1.82, 2.24) is 5.32 Å². The number of nitrogens with one attached hydrogen (secondary N) is 2. The number of hydrogen-bond acceptors (Lipinski definition) is 4. The Morgan fingerprint density at radius 2 is 1.69 bits per heavy atom. The summed E-state index contributed by atoms with van der Waals surface area (Å²) in [5.41, 5.74) is 4.08. The van der Waals surface area contributed by atoms with E-state index in [9.17, 15) is 13.2 Å². The molecule has 0 aliphatic carbocycles. The average Bonchev–Trinajstić information content (AvgIpc) is 2.67. The fourth-order valence-corrected chi connectivity index (χ4v) is 3.75. The first-order chi connectivity index (χ1) is 13.6. The molecule has 0 spiro atoms. The van der Waals surface area contributed by atoms with E-state index in [0.717, 1.165) is 22.4 Å². The van der Waals surface area contributed by atoms with Crippen molar-refractivity contribution < 1.29 is 17.9 Å². The van der Waals surface area contributed by atoms with Crippen LogP contribution in [0.15, 0.2) is 36.4 Å². The van der Waals surface area contributed by atoms with Gasteiger partial charge in [-0.1, -0.05) is 13.8 Å². The molecule has 2 aromatic rings. The molecule has 2 N–H and O–H groups in total. The van der Waals surface area contributed by atoms with Gasteiger partial charge in [-0.3, -0.25) is 9.52 Å². The molecule has 2 rings (SSSR count). The summed E-state index contributed by atoms with van der Waals surface area (Å²) >= 11 is 0. The first-order valence-corrected chi connectivity index (χ1v) is 11.3. The van der Waals surface area contributed by atoms with Gasteiger partial charge in [-0.05, 0) is 79.8 Å². The van der Waals surface area contributed by atoms with Gasteiger partial charge in [-0.25, -0.2) is 8.42 Å². The monoisotopic (exact) mass is 418 g/mol. The Labute approximate surface area is 173 Å². The van der Waals surface area contributed by atoms with E-state index in [1.54, 1.807) is 38.3 Å². The molecule has 0 saturated heterocycles. The molecule has 0 unspecified atom stereocenters. The van der Waals surface area contributed by atoms with Gasteiger partial charge in [0.15, 0.2) is 0 Å². The minimum absolute atomic E-state index is 0.00761. The fourth-order valence-electron chi connectivity index (χ4n) is 3.11. The molecule has 0 radical (unpaired) electrons. The summed E-state index contributed by atoms with van der Waals surface area (Å²) in [4.78, 5) is 12.7. The second kappa shape index (κ2) is 9.31. The van der Waals surface area contributed by atoms with Gasteiger partial charge >= 0.3 is 0 Å². The van der Waals surface area contributed by atoms with Crippen LogP contribution in [0.5, 0.6) is 5.75 Å². The minimum Gasteiger partial charge on any atom is -0.496 e. The van der Waals surface area contributed by atoms with Gasteiger partial charge in [0.1, 0.15) is 5.75 Å². The molecular formula is C22H30N2O4S. The maximum Gasteiger partial charge on any atom is 0.251 e. The molecule has 0 saturated carbocycles. The molecule has 6 nitrogen and oxygen atoms in total. The number of carbonyl (C=O) groups is 1. The third-order valence-electron chi connectivity index (χ3n) is 4.85. The first-order valence-electron chi connectivity index (χ1n) is 9.67. The molecule has 0 heterocycles. The predicted molar refractivity (Wildman–Crippen MR) is 117 cm³/mol. The van der Waals surface area contributed by atoms with Gasteiger partial charge in [-0.15, -0.1) is 0 Å². The molecule has 29 heavy (non-hydrogen) atoms. The standard InChI is InChI=1S/C22H30N2O4S/c1-7-29(26,27)24-18-10-8-17(9-11-18)22(25)23-16(5)20-13-19(14(2)3)21(28-6)12-15(20)4/h8-14,16,24H,7H2,1-6H3,(H,23,25)/t16-/m0/s1. The SMILES string of the molecule is CCS(=O)(=O)Nc1ccc(C(=O)N[C@@H](C)c2cc(C(C)C)c(OC)cc2C)cc1. The van der Waals surface area contributed by atoms with Crippen LogP contribution in [0.3, 0.4) is 0 Å².